The number of benzene rings is 1. The summed E-state index contributed by atoms with van der Waals surface area (Å²) >= 11 is 7.48. The van der Waals surface area contributed by atoms with Crippen molar-refractivity contribution in [3.8, 4) is 0 Å². The number of thiophene rings is 1. The molecule has 1 heterocycles. The van der Waals surface area contributed by atoms with Gasteiger partial charge in [-0.05, 0) is 36.8 Å². The predicted octanol–water partition coefficient (Wildman–Crippen LogP) is 3.79. The lowest BCUT2D eigenvalue weighted by Gasteiger charge is -2.08. The molecular formula is C12H11ClOS. The van der Waals surface area contributed by atoms with E-state index < -0.39 is 6.10 Å². The lowest BCUT2D eigenvalue weighted by Crippen LogP contribution is -1.96. The van der Waals surface area contributed by atoms with E-state index in [0.717, 1.165) is 10.4 Å². The summed E-state index contributed by atoms with van der Waals surface area (Å²) in [5.74, 6) is 0. The summed E-state index contributed by atoms with van der Waals surface area (Å²) < 4.78 is 0. The highest BCUT2D eigenvalue weighted by Gasteiger charge is 2.12. The molecule has 0 amide bonds. The molecule has 3 heteroatoms. The molecular weight excluding hydrogens is 228 g/mol. The Morgan fingerprint density at radius 1 is 1.27 bits per heavy atom. The molecule has 78 valence electrons. The molecule has 0 spiro atoms. The van der Waals surface area contributed by atoms with Crippen molar-refractivity contribution in [3.63, 3.8) is 0 Å². The van der Waals surface area contributed by atoms with Crippen molar-refractivity contribution < 1.29 is 5.11 Å². The van der Waals surface area contributed by atoms with Crippen LogP contribution >= 0.6 is 22.9 Å². The molecule has 1 atom stereocenters. The summed E-state index contributed by atoms with van der Waals surface area (Å²) in [5.41, 5.74) is 0.837. The Morgan fingerprint density at radius 2 is 2.07 bits per heavy atom. The first-order chi connectivity index (χ1) is 7.16. The van der Waals surface area contributed by atoms with E-state index in [1.807, 2.05) is 31.2 Å². The standard InChI is InChI=1S/C12H11ClOS/c1-8-5-6-11(15-8)12(14)9-3-2-4-10(13)7-9/h2-7,12,14H,1H3. The second kappa shape index (κ2) is 4.35. The van der Waals surface area contributed by atoms with Crippen LogP contribution in [-0.2, 0) is 0 Å². The third kappa shape index (κ3) is 2.40. The fourth-order valence-corrected chi connectivity index (χ4v) is 2.53. The van der Waals surface area contributed by atoms with Gasteiger partial charge in [-0.2, -0.15) is 0 Å². The molecule has 0 bridgehead atoms. The lowest BCUT2D eigenvalue weighted by molar-refractivity contribution is 0.224. The Morgan fingerprint density at radius 3 is 2.67 bits per heavy atom. The van der Waals surface area contributed by atoms with Crippen LogP contribution in [0.5, 0.6) is 0 Å². The Balaban J connectivity index is 2.32. The van der Waals surface area contributed by atoms with E-state index in [0.29, 0.717) is 5.02 Å². The minimum Gasteiger partial charge on any atom is -0.383 e. The first kappa shape index (κ1) is 10.7. The average Bonchev–Trinajstić information content (AvgIpc) is 2.64. The Hall–Kier alpha value is -0.830. The van der Waals surface area contributed by atoms with Gasteiger partial charge in [-0.15, -0.1) is 11.3 Å². The van der Waals surface area contributed by atoms with Gasteiger partial charge in [0.25, 0.3) is 0 Å². The molecule has 0 aliphatic carbocycles. The molecule has 0 radical (unpaired) electrons. The first-order valence-electron chi connectivity index (χ1n) is 4.66. The smallest absolute Gasteiger partial charge is 0.113 e. The average molecular weight is 239 g/mol. The number of hydrogen-bond acceptors (Lipinski definition) is 2. The Bertz CT molecular complexity index is 464. The van der Waals surface area contributed by atoms with Crippen LogP contribution in [0.2, 0.25) is 5.02 Å². The molecule has 1 nitrogen and oxygen atoms in total. The highest BCUT2D eigenvalue weighted by molar-refractivity contribution is 7.12. The summed E-state index contributed by atoms with van der Waals surface area (Å²) in [4.78, 5) is 2.15. The van der Waals surface area contributed by atoms with Gasteiger partial charge in [0.05, 0.1) is 0 Å². The molecule has 0 aliphatic rings. The predicted molar refractivity (Wildman–Crippen MR) is 64.6 cm³/mol. The van der Waals surface area contributed by atoms with Crippen LogP contribution in [0.4, 0.5) is 0 Å². The number of rotatable bonds is 2. The van der Waals surface area contributed by atoms with Gasteiger partial charge < -0.3 is 5.11 Å². The highest BCUT2D eigenvalue weighted by Crippen LogP contribution is 2.29. The van der Waals surface area contributed by atoms with Crippen molar-refractivity contribution in [1.29, 1.82) is 0 Å². The molecule has 0 fully saturated rings. The van der Waals surface area contributed by atoms with Crippen LogP contribution in [0.15, 0.2) is 36.4 Å². The van der Waals surface area contributed by atoms with Crippen LogP contribution in [0.1, 0.15) is 21.4 Å². The molecule has 1 aromatic heterocycles. The topological polar surface area (TPSA) is 20.2 Å². The molecule has 0 saturated carbocycles. The van der Waals surface area contributed by atoms with Gasteiger partial charge in [-0.3, -0.25) is 0 Å². The number of halogens is 1. The highest BCUT2D eigenvalue weighted by atomic mass is 35.5. The maximum Gasteiger partial charge on any atom is 0.113 e. The first-order valence-corrected chi connectivity index (χ1v) is 5.86. The van der Waals surface area contributed by atoms with Crippen molar-refractivity contribution >= 4 is 22.9 Å². The van der Waals surface area contributed by atoms with Crippen molar-refractivity contribution in [2.24, 2.45) is 0 Å². The van der Waals surface area contributed by atoms with Crippen molar-refractivity contribution in [1.82, 2.24) is 0 Å². The van der Waals surface area contributed by atoms with E-state index in [2.05, 4.69) is 0 Å². The van der Waals surface area contributed by atoms with Crippen molar-refractivity contribution in [2.75, 3.05) is 0 Å². The lowest BCUT2D eigenvalue weighted by atomic mass is 10.1. The van der Waals surface area contributed by atoms with E-state index in [1.165, 1.54) is 4.88 Å². The largest absolute Gasteiger partial charge is 0.383 e. The molecule has 0 aliphatic heterocycles. The quantitative estimate of drug-likeness (QED) is 0.844. The summed E-state index contributed by atoms with van der Waals surface area (Å²) in [6, 6.07) is 11.3. The molecule has 15 heavy (non-hydrogen) atoms. The van der Waals surface area contributed by atoms with E-state index >= 15 is 0 Å². The molecule has 0 saturated heterocycles. The summed E-state index contributed by atoms with van der Waals surface area (Å²) in [6.07, 6.45) is -0.567. The van der Waals surface area contributed by atoms with Crippen LogP contribution in [0.3, 0.4) is 0 Å². The molecule has 1 aromatic carbocycles. The molecule has 2 rings (SSSR count). The van der Waals surface area contributed by atoms with Gasteiger partial charge in [0.1, 0.15) is 6.10 Å². The zero-order chi connectivity index (χ0) is 10.8. The van der Waals surface area contributed by atoms with Gasteiger partial charge in [-0.1, -0.05) is 23.7 Å². The number of aliphatic hydroxyl groups is 1. The van der Waals surface area contributed by atoms with Gasteiger partial charge >= 0.3 is 0 Å². The zero-order valence-electron chi connectivity index (χ0n) is 8.27. The zero-order valence-corrected chi connectivity index (χ0v) is 9.85. The second-order valence-electron chi connectivity index (χ2n) is 3.41. The molecule has 1 N–H and O–H groups in total. The van der Waals surface area contributed by atoms with E-state index in [1.54, 1.807) is 23.5 Å². The normalized spacial score (nSPS) is 12.7. The van der Waals surface area contributed by atoms with Crippen LogP contribution < -0.4 is 0 Å². The van der Waals surface area contributed by atoms with Gasteiger partial charge in [-0.25, -0.2) is 0 Å². The maximum absolute atomic E-state index is 10.1. The van der Waals surface area contributed by atoms with Crippen molar-refractivity contribution in [3.05, 3.63) is 56.7 Å². The van der Waals surface area contributed by atoms with Gasteiger partial charge in [0.2, 0.25) is 0 Å². The Kier molecular flexibility index (Phi) is 3.10. The van der Waals surface area contributed by atoms with E-state index in [9.17, 15) is 5.11 Å². The fourth-order valence-electron chi connectivity index (χ4n) is 1.44. The number of hydrogen-bond donors (Lipinski definition) is 1. The SMILES string of the molecule is Cc1ccc(C(O)c2cccc(Cl)c2)s1. The summed E-state index contributed by atoms with van der Waals surface area (Å²) in [5, 5.41) is 10.7. The maximum atomic E-state index is 10.1. The van der Waals surface area contributed by atoms with E-state index in [4.69, 9.17) is 11.6 Å². The third-order valence-corrected chi connectivity index (χ3v) is 3.48. The fraction of sp³-hybridized carbons (Fsp3) is 0.167. The Labute approximate surface area is 98.0 Å². The van der Waals surface area contributed by atoms with Crippen LogP contribution in [0.25, 0.3) is 0 Å². The molecule has 1 unspecified atom stereocenters. The summed E-state index contributed by atoms with van der Waals surface area (Å²) in [6.45, 7) is 2.03. The molecule has 2 aromatic rings. The number of aliphatic hydroxyl groups excluding tert-OH is 1. The summed E-state index contributed by atoms with van der Waals surface area (Å²) in [7, 11) is 0. The van der Waals surface area contributed by atoms with Gasteiger partial charge in [0.15, 0.2) is 0 Å². The number of aryl methyl sites for hydroxylation is 1. The third-order valence-electron chi connectivity index (χ3n) is 2.20. The minimum atomic E-state index is -0.567. The minimum absolute atomic E-state index is 0.567. The second-order valence-corrected chi connectivity index (χ2v) is 5.16. The van der Waals surface area contributed by atoms with Gasteiger partial charge in [0, 0.05) is 14.8 Å². The monoisotopic (exact) mass is 238 g/mol. The van der Waals surface area contributed by atoms with Crippen LogP contribution in [0, 0.1) is 6.92 Å². The van der Waals surface area contributed by atoms with Crippen molar-refractivity contribution in [2.45, 2.75) is 13.0 Å². The van der Waals surface area contributed by atoms with E-state index in [-0.39, 0.29) is 0 Å². The van der Waals surface area contributed by atoms with Crippen LogP contribution in [-0.4, -0.2) is 5.11 Å².